The highest BCUT2D eigenvalue weighted by atomic mass is 16.5. The maximum Gasteiger partial charge on any atom is 0.311 e. The maximum absolute atomic E-state index is 12.1. The minimum atomic E-state index is -0.357. The number of hydrogen-bond donors (Lipinski definition) is 1. The van der Waals surface area contributed by atoms with Crippen LogP contribution in [0, 0.1) is 11.3 Å². The van der Waals surface area contributed by atoms with Gasteiger partial charge in [0.2, 0.25) is 0 Å². The van der Waals surface area contributed by atoms with Gasteiger partial charge in [0.1, 0.15) is 11.5 Å². The third kappa shape index (κ3) is 6.18. The summed E-state index contributed by atoms with van der Waals surface area (Å²) in [6, 6.07) is 23.4. The van der Waals surface area contributed by atoms with E-state index < -0.39 is 0 Å². The highest BCUT2D eigenvalue weighted by Gasteiger charge is 2.08. The van der Waals surface area contributed by atoms with Crippen LogP contribution in [0.15, 0.2) is 72.8 Å². The summed E-state index contributed by atoms with van der Waals surface area (Å²) in [6.45, 7) is 0.373. The summed E-state index contributed by atoms with van der Waals surface area (Å²) in [6.07, 6.45) is 0.671. The monoisotopic (exact) mass is 414 g/mol. The van der Waals surface area contributed by atoms with Crippen molar-refractivity contribution < 1.29 is 19.1 Å². The van der Waals surface area contributed by atoms with Gasteiger partial charge in [0.05, 0.1) is 18.7 Å². The lowest BCUT2D eigenvalue weighted by atomic mass is 10.0. The molecule has 0 saturated heterocycles. The Kier molecular flexibility index (Phi) is 7.39. The van der Waals surface area contributed by atoms with Crippen LogP contribution in [-0.4, -0.2) is 25.5 Å². The van der Waals surface area contributed by atoms with Crippen LogP contribution in [0.4, 0.5) is 0 Å². The van der Waals surface area contributed by atoms with E-state index in [1.165, 1.54) is 0 Å². The maximum atomic E-state index is 12.1. The van der Waals surface area contributed by atoms with Gasteiger partial charge in [-0.2, -0.15) is 5.26 Å². The second-order valence-electron chi connectivity index (χ2n) is 6.78. The molecule has 156 valence electrons. The summed E-state index contributed by atoms with van der Waals surface area (Å²) in [5, 5.41) is 11.7. The molecule has 0 radical (unpaired) electrons. The van der Waals surface area contributed by atoms with Crippen molar-refractivity contribution in [1.29, 1.82) is 5.26 Å². The Balaban J connectivity index is 1.42. The van der Waals surface area contributed by atoms with Crippen molar-refractivity contribution >= 4 is 11.9 Å². The fourth-order valence-electron chi connectivity index (χ4n) is 2.91. The summed E-state index contributed by atoms with van der Waals surface area (Å²) < 4.78 is 10.4. The van der Waals surface area contributed by atoms with E-state index in [1.54, 1.807) is 55.6 Å². The number of amides is 1. The molecule has 0 aliphatic heterocycles. The number of carbonyl (C=O) groups is 2. The first-order valence-corrected chi connectivity index (χ1v) is 9.82. The number of nitrogens with one attached hydrogen (secondary N) is 1. The Labute approximate surface area is 181 Å². The van der Waals surface area contributed by atoms with Crippen LogP contribution in [0.3, 0.4) is 0 Å². The molecule has 0 aliphatic carbocycles. The van der Waals surface area contributed by atoms with Crippen LogP contribution in [0.1, 0.15) is 28.8 Å². The molecule has 0 aromatic heterocycles. The van der Waals surface area contributed by atoms with E-state index in [4.69, 9.17) is 14.7 Å². The van der Waals surface area contributed by atoms with Gasteiger partial charge in [-0.3, -0.25) is 9.59 Å². The van der Waals surface area contributed by atoms with Crippen LogP contribution >= 0.6 is 0 Å². The van der Waals surface area contributed by atoms with E-state index in [-0.39, 0.29) is 18.3 Å². The van der Waals surface area contributed by atoms with Crippen molar-refractivity contribution in [1.82, 2.24) is 5.32 Å². The average molecular weight is 414 g/mol. The SMILES string of the molecule is COc1ccc(C(=O)NCCCC(=O)Oc2ccc(-c3ccc(C#N)cc3)cc2)cc1. The molecule has 3 rings (SSSR count). The minimum Gasteiger partial charge on any atom is -0.497 e. The van der Waals surface area contributed by atoms with Crippen LogP contribution in [0.5, 0.6) is 11.5 Å². The molecule has 0 bridgehead atoms. The predicted molar refractivity (Wildman–Crippen MR) is 117 cm³/mol. The van der Waals surface area contributed by atoms with Gasteiger partial charge in [-0.05, 0) is 66.1 Å². The number of rotatable bonds is 8. The second kappa shape index (κ2) is 10.6. The Morgan fingerprint density at radius 1 is 0.871 bits per heavy atom. The smallest absolute Gasteiger partial charge is 0.311 e. The number of ether oxygens (including phenoxy) is 2. The molecule has 6 heteroatoms. The van der Waals surface area contributed by atoms with Crippen molar-refractivity contribution in [3.05, 3.63) is 83.9 Å². The molecule has 0 spiro atoms. The molecule has 3 aromatic rings. The number of esters is 1. The van der Waals surface area contributed by atoms with Gasteiger partial charge in [0.15, 0.2) is 0 Å². The predicted octanol–water partition coefficient (Wildman–Crippen LogP) is 4.35. The Morgan fingerprint density at radius 2 is 1.45 bits per heavy atom. The molecular weight excluding hydrogens is 392 g/mol. The molecule has 3 aromatic carbocycles. The van der Waals surface area contributed by atoms with Crippen LogP contribution in [-0.2, 0) is 4.79 Å². The fraction of sp³-hybridized carbons (Fsp3) is 0.160. The molecular formula is C25H22N2O4. The first-order valence-electron chi connectivity index (χ1n) is 9.82. The number of benzene rings is 3. The molecule has 0 fully saturated rings. The molecule has 0 atom stereocenters. The Bertz CT molecular complexity index is 1070. The van der Waals surface area contributed by atoms with Crippen LogP contribution in [0.2, 0.25) is 0 Å². The summed E-state index contributed by atoms with van der Waals surface area (Å²) in [4.78, 5) is 24.1. The number of nitrogens with zero attached hydrogens (tertiary/aromatic N) is 1. The first-order chi connectivity index (χ1) is 15.1. The Morgan fingerprint density at radius 3 is 2.03 bits per heavy atom. The lowest BCUT2D eigenvalue weighted by molar-refractivity contribution is -0.134. The van der Waals surface area contributed by atoms with Crippen molar-refractivity contribution in [2.75, 3.05) is 13.7 Å². The highest BCUT2D eigenvalue weighted by molar-refractivity contribution is 5.94. The van der Waals surface area contributed by atoms with Gasteiger partial charge >= 0.3 is 5.97 Å². The van der Waals surface area contributed by atoms with Gasteiger partial charge in [0, 0.05) is 18.5 Å². The van der Waals surface area contributed by atoms with Gasteiger partial charge < -0.3 is 14.8 Å². The fourth-order valence-corrected chi connectivity index (χ4v) is 2.91. The zero-order valence-corrected chi connectivity index (χ0v) is 17.1. The van der Waals surface area contributed by atoms with E-state index in [9.17, 15) is 9.59 Å². The largest absolute Gasteiger partial charge is 0.497 e. The molecule has 1 amide bonds. The van der Waals surface area contributed by atoms with Crippen molar-refractivity contribution in [3.63, 3.8) is 0 Å². The second-order valence-corrected chi connectivity index (χ2v) is 6.78. The van der Waals surface area contributed by atoms with E-state index in [1.807, 2.05) is 24.3 Å². The molecule has 0 heterocycles. The summed E-state index contributed by atoms with van der Waals surface area (Å²) >= 11 is 0. The molecule has 0 aliphatic rings. The first kappa shape index (κ1) is 21.6. The van der Waals surface area contributed by atoms with Gasteiger partial charge in [-0.1, -0.05) is 24.3 Å². The highest BCUT2D eigenvalue weighted by Crippen LogP contribution is 2.23. The molecule has 0 unspecified atom stereocenters. The zero-order valence-electron chi connectivity index (χ0n) is 17.1. The van der Waals surface area contributed by atoms with E-state index >= 15 is 0 Å². The van der Waals surface area contributed by atoms with Gasteiger partial charge in [-0.15, -0.1) is 0 Å². The quantitative estimate of drug-likeness (QED) is 0.336. The van der Waals surface area contributed by atoms with E-state index in [0.717, 1.165) is 11.1 Å². The minimum absolute atomic E-state index is 0.195. The van der Waals surface area contributed by atoms with Gasteiger partial charge in [-0.25, -0.2) is 0 Å². The van der Waals surface area contributed by atoms with Crippen molar-refractivity contribution in [2.45, 2.75) is 12.8 Å². The topological polar surface area (TPSA) is 88.4 Å². The van der Waals surface area contributed by atoms with Gasteiger partial charge in [0.25, 0.3) is 5.91 Å². The molecule has 6 nitrogen and oxygen atoms in total. The lowest BCUT2D eigenvalue weighted by Crippen LogP contribution is -2.25. The summed E-state index contributed by atoms with van der Waals surface area (Å²) in [5.74, 6) is 0.591. The van der Waals surface area contributed by atoms with Crippen molar-refractivity contribution in [3.8, 4) is 28.7 Å². The average Bonchev–Trinajstić information content (AvgIpc) is 2.82. The van der Waals surface area contributed by atoms with Crippen molar-refractivity contribution in [2.24, 2.45) is 0 Å². The summed E-state index contributed by atoms with van der Waals surface area (Å²) in [7, 11) is 1.57. The molecule has 1 N–H and O–H groups in total. The normalized spacial score (nSPS) is 10.1. The number of methoxy groups -OCH3 is 1. The zero-order chi connectivity index (χ0) is 22.1. The van der Waals surface area contributed by atoms with E-state index in [2.05, 4.69) is 11.4 Å². The van der Waals surface area contributed by atoms with E-state index in [0.29, 0.717) is 35.6 Å². The molecule has 31 heavy (non-hydrogen) atoms. The number of hydrogen-bond acceptors (Lipinski definition) is 5. The summed E-state index contributed by atoms with van der Waals surface area (Å²) in [5.41, 5.74) is 3.08. The molecule has 0 saturated carbocycles. The third-order valence-electron chi connectivity index (χ3n) is 4.63. The van der Waals surface area contributed by atoms with Crippen LogP contribution in [0.25, 0.3) is 11.1 Å². The number of nitriles is 1. The standard InChI is InChI=1S/C25H22N2O4/c1-30-22-12-10-21(11-13-22)25(29)27-16-2-3-24(28)31-23-14-8-20(9-15-23)19-6-4-18(17-26)5-7-19/h4-15H,2-3,16H2,1H3,(H,27,29). The van der Waals surface area contributed by atoms with Crippen LogP contribution < -0.4 is 14.8 Å². The third-order valence-corrected chi connectivity index (χ3v) is 4.63. The lowest BCUT2D eigenvalue weighted by Gasteiger charge is -2.08. The number of carbonyl (C=O) groups excluding carboxylic acids is 2. The Hall–Kier alpha value is -4.11.